The molecule has 1 atom stereocenters. The highest BCUT2D eigenvalue weighted by atomic mass is 35.5. The number of para-hydroxylation sites is 1. The van der Waals surface area contributed by atoms with Crippen LogP contribution < -0.4 is 5.01 Å². The van der Waals surface area contributed by atoms with Gasteiger partial charge in [-0.3, -0.25) is 5.01 Å². The first-order valence-electron chi connectivity index (χ1n) is 8.25. The lowest BCUT2D eigenvalue weighted by molar-refractivity contribution is 0.568. The summed E-state index contributed by atoms with van der Waals surface area (Å²) >= 11 is 5.96. The Morgan fingerprint density at radius 2 is 1.50 bits per heavy atom. The van der Waals surface area contributed by atoms with Crippen LogP contribution in [0.25, 0.3) is 0 Å². The predicted molar refractivity (Wildman–Crippen MR) is 101 cm³/mol. The Balaban J connectivity index is 1.80. The summed E-state index contributed by atoms with van der Waals surface area (Å²) in [5.74, 6) is -0.721. The number of anilines is 1. The van der Waals surface area contributed by atoms with Gasteiger partial charge in [-0.25, -0.2) is 8.78 Å². The quantitative estimate of drug-likeness (QED) is 0.555. The molecule has 1 heterocycles. The number of rotatable bonds is 3. The molecule has 0 unspecified atom stereocenters. The van der Waals surface area contributed by atoms with Crippen LogP contribution in [0.4, 0.5) is 14.5 Å². The summed E-state index contributed by atoms with van der Waals surface area (Å²) in [7, 11) is 0. The smallest absolute Gasteiger partial charge is 0.148 e. The number of hydrogen-bond acceptors (Lipinski definition) is 2. The molecule has 0 bridgehead atoms. The number of benzene rings is 3. The average molecular weight is 369 g/mol. The Hall–Kier alpha value is -2.72. The summed E-state index contributed by atoms with van der Waals surface area (Å²) in [6, 6.07) is 19.8. The lowest BCUT2D eigenvalue weighted by atomic mass is 9.98. The van der Waals surface area contributed by atoms with Crippen molar-refractivity contribution >= 4 is 23.0 Å². The molecule has 130 valence electrons. The van der Waals surface area contributed by atoms with Gasteiger partial charge in [0.2, 0.25) is 0 Å². The second kappa shape index (κ2) is 6.89. The Morgan fingerprint density at radius 3 is 2.19 bits per heavy atom. The summed E-state index contributed by atoms with van der Waals surface area (Å²) < 4.78 is 28.8. The Bertz CT molecular complexity index is 970. The standard InChI is InChI=1S/C21H15ClF2N2/c22-15-11-9-14(10-12-15)19-13-21(16-5-1-2-6-17(16)23)26(25-19)20-8-4-3-7-18(20)24/h1-12,21H,13H2/t21-/m0/s1. The van der Waals surface area contributed by atoms with Gasteiger partial charge >= 0.3 is 0 Å². The van der Waals surface area contributed by atoms with Crippen LogP contribution in [0, 0.1) is 11.6 Å². The number of halogens is 3. The van der Waals surface area contributed by atoms with Crippen LogP contribution in [0.3, 0.4) is 0 Å². The van der Waals surface area contributed by atoms with E-state index in [2.05, 4.69) is 5.10 Å². The minimum Gasteiger partial charge on any atom is -0.254 e. The zero-order valence-electron chi connectivity index (χ0n) is 13.7. The minimum absolute atomic E-state index is 0.324. The van der Waals surface area contributed by atoms with E-state index < -0.39 is 11.9 Å². The molecule has 1 aliphatic rings. The summed E-state index contributed by atoms with van der Waals surface area (Å²) in [4.78, 5) is 0. The van der Waals surface area contributed by atoms with Gasteiger partial charge in [0.15, 0.2) is 0 Å². The van der Waals surface area contributed by atoms with Crippen LogP contribution in [-0.2, 0) is 0 Å². The van der Waals surface area contributed by atoms with Crippen molar-refractivity contribution in [1.29, 1.82) is 0 Å². The van der Waals surface area contributed by atoms with Gasteiger partial charge in [-0.1, -0.05) is 54.1 Å². The molecular weight excluding hydrogens is 354 g/mol. The normalized spacial score (nSPS) is 16.7. The molecule has 0 aromatic heterocycles. The third kappa shape index (κ3) is 3.08. The van der Waals surface area contributed by atoms with Crippen molar-refractivity contribution in [3.8, 4) is 0 Å². The fourth-order valence-corrected chi connectivity index (χ4v) is 3.30. The molecule has 1 aliphatic heterocycles. The fourth-order valence-electron chi connectivity index (χ4n) is 3.17. The molecule has 0 aliphatic carbocycles. The first-order valence-corrected chi connectivity index (χ1v) is 8.63. The molecule has 0 amide bonds. The van der Waals surface area contributed by atoms with Crippen molar-refractivity contribution in [3.63, 3.8) is 0 Å². The fraction of sp³-hybridized carbons (Fsp3) is 0.0952. The lowest BCUT2D eigenvalue weighted by Gasteiger charge is -2.24. The van der Waals surface area contributed by atoms with Gasteiger partial charge < -0.3 is 0 Å². The average Bonchev–Trinajstić information content (AvgIpc) is 3.08. The summed E-state index contributed by atoms with van der Waals surface area (Å²) in [6.45, 7) is 0. The Kier molecular flexibility index (Phi) is 4.43. The van der Waals surface area contributed by atoms with Crippen LogP contribution in [0.5, 0.6) is 0 Å². The van der Waals surface area contributed by atoms with Gasteiger partial charge in [0.25, 0.3) is 0 Å². The maximum Gasteiger partial charge on any atom is 0.148 e. The molecule has 0 spiro atoms. The highest BCUT2D eigenvalue weighted by molar-refractivity contribution is 6.30. The van der Waals surface area contributed by atoms with Crippen LogP contribution in [0.1, 0.15) is 23.6 Å². The maximum atomic E-state index is 14.4. The number of hydrogen-bond donors (Lipinski definition) is 0. The third-order valence-electron chi connectivity index (χ3n) is 4.45. The molecule has 0 saturated heterocycles. The van der Waals surface area contributed by atoms with Crippen molar-refractivity contribution in [3.05, 3.63) is 101 Å². The minimum atomic E-state index is -0.418. The van der Waals surface area contributed by atoms with E-state index >= 15 is 0 Å². The van der Waals surface area contributed by atoms with E-state index in [0.29, 0.717) is 22.7 Å². The monoisotopic (exact) mass is 368 g/mol. The maximum absolute atomic E-state index is 14.4. The zero-order valence-corrected chi connectivity index (χ0v) is 14.5. The lowest BCUT2D eigenvalue weighted by Crippen LogP contribution is -2.20. The molecule has 0 radical (unpaired) electrons. The Morgan fingerprint density at radius 1 is 0.846 bits per heavy atom. The van der Waals surface area contributed by atoms with Crippen LogP contribution >= 0.6 is 11.6 Å². The van der Waals surface area contributed by atoms with Crippen LogP contribution in [0.15, 0.2) is 77.9 Å². The van der Waals surface area contributed by atoms with E-state index in [9.17, 15) is 8.78 Å². The van der Waals surface area contributed by atoms with E-state index in [1.165, 1.54) is 12.1 Å². The van der Waals surface area contributed by atoms with Gasteiger partial charge in [-0.15, -0.1) is 0 Å². The van der Waals surface area contributed by atoms with Crippen molar-refractivity contribution in [1.82, 2.24) is 0 Å². The molecule has 26 heavy (non-hydrogen) atoms. The molecular formula is C21H15ClF2N2. The van der Waals surface area contributed by atoms with Crippen molar-refractivity contribution in [2.45, 2.75) is 12.5 Å². The van der Waals surface area contributed by atoms with E-state index in [1.54, 1.807) is 53.5 Å². The molecule has 4 rings (SSSR count). The van der Waals surface area contributed by atoms with Gasteiger partial charge in [-0.05, 0) is 35.9 Å². The molecule has 0 fully saturated rings. The summed E-state index contributed by atoms with van der Waals surface area (Å²) in [6.07, 6.45) is 0.469. The van der Waals surface area contributed by atoms with Gasteiger partial charge in [0, 0.05) is 17.0 Å². The molecule has 3 aromatic carbocycles. The molecule has 3 aromatic rings. The molecule has 0 N–H and O–H groups in total. The second-order valence-corrected chi connectivity index (χ2v) is 6.53. The topological polar surface area (TPSA) is 15.6 Å². The van der Waals surface area contributed by atoms with Crippen LogP contribution in [-0.4, -0.2) is 5.71 Å². The highest BCUT2D eigenvalue weighted by Crippen LogP contribution is 2.38. The summed E-state index contributed by atoms with van der Waals surface area (Å²) in [5.41, 5.74) is 2.46. The van der Waals surface area contributed by atoms with E-state index in [0.717, 1.165) is 11.3 Å². The van der Waals surface area contributed by atoms with E-state index in [1.807, 2.05) is 12.1 Å². The van der Waals surface area contributed by atoms with E-state index in [-0.39, 0.29) is 5.82 Å². The number of hydrazone groups is 1. The zero-order chi connectivity index (χ0) is 18.1. The van der Waals surface area contributed by atoms with Crippen molar-refractivity contribution in [2.75, 3.05) is 5.01 Å². The Labute approximate surface area is 155 Å². The number of nitrogens with zero attached hydrogens (tertiary/aromatic N) is 2. The highest BCUT2D eigenvalue weighted by Gasteiger charge is 2.32. The van der Waals surface area contributed by atoms with Gasteiger partial charge in [0.1, 0.15) is 11.6 Å². The molecule has 5 heteroatoms. The van der Waals surface area contributed by atoms with Crippen molar-refractivity contribution in [2.24, 2.45) is 5.10 Å². The largest absolute Gasteiger partial charge is 0.254 e. The van der Waals surface area contributed by atoms with Crippen molar-refractivity contribution < 1.29 is 8.78 Å². The SMILES string of the molecule is Fc1ccccc1[C@@H]1CC(c2ccc(Cl)cc2)=NN1c1ccccc1F. The van der Waals surface area contributed by atoms with Gasteiger partial charge in [-0.2, -0.15) is 5.10 Å². The second-order valence-electron chi connectivity index (χ2n) is 6.09. The first-order chi connectivity index (χ1) is 12.6. The van der Waals surface area contributed by atoms with E-state index in [4.69, 9.17) is 11.6 Å². The predicted octanol–water partition coefficient (Wildman–Crippen LogP) is 5.97. The van der Waals surface area contributed by atoms with Gasteiger partial charge in [0.05, 0.1) is 17.4 Å². The molecule has 2 nitrogen and oxygen atoms in total. The first kappa shape index (κ1) is 16.7. The summed E-state index contributed by atoms with van der Waals surface area (Å²) in [5, 5.41) is 6.81. The third-order valence-corrected chi connectivity index (χ3v) is 4.70. The van der Waals surface area contributed by atoms with Crippen LogP contribution in [0.2, 0.25) is 5.02 Å². The molecule has 0 saturated carbocycles.